The molecule has 4 aromatic rings. The van der Waals surface area contributed by atoms with Crippen molar-refractivity contribution in [3.05, 3.63) is 132 Å². The van der Waals surface area contributed by atoms with E-state index in [9.17, 15) is 0 Å². The molecular formula is C30H32N2O. The molecule has 0 aliphatic carbocycles. The van der Waals surface area contributed by atoms with E-state index in [-0.39, 0.29) is 0 Å². The van der Waals surface area contributed by atoms with Crippen molar-refractivity contribution in [3.63, 3.8) is 0 Å². The van der Waals surface area contributed by atoms with Crippen LogP contribution in [0.3, 0.4) is 0 Å². The molecule has 168 valence electrons. The molecule has 1 aromatic heterocycles. The van der Waals surface area contributed by atoms with E-state index in [2.05, 4.69) is 102 Å². The summed E-state index contributed by atoms with van der Waals surface area (Å²) in [4.78, 5) is 4.13. The third kappa shape index (κ3) is 7.03. The summed E-state index contributed by atoms with van der Waals surface area (Å²) in [5, 5.41) is 3.72. The Morgan fingerprint density at radius 1 is 0.758 bits per heavy atom. The van der Waals surface area contributed by atoms with Crippen molar-refractivity contribution in [2.75, 3.05) is 6.54 Å². The van der Waals surface area contributed by atoms with Crippen LogP contribution in [0, 0.1) is 0 Å². The molecule has 0 saturated heterocycles. The molecule has 0 aliphatic rings. The Balaban J connectivity index is 1.26. The van der Waals surface area contributed by atoms with Crippen molar-refractivity contribution in [1.29, 1.82) is 0 Å². The topological polar surface area (TPSA) is 34.1 Å². The van der Waals surface area contributed by atoms with Crippen molar-refractivity contribution in [2.45, 2.75) is 38.3 Å². The van der Waals surface area contributed by atoms with Crippen LogP contribution in [0.5, 0.6) is 5.75 Å². The first-order valence-corrected chi connectivity index (χ1v) is 11.7. The van der Waals surface area contributed by atoms with E-state index in [0.29, 0.717) is 18.6 Å². The second-order valence-electron chi connectivity index (χ2n) is 8.52. The van der Waals surface area contributed by atoms with E-state index in [1.54, 1.807) is 6.20 Å². The summed E-state index contributed by atoms with van der Waals surface area (Å²) in [7, 11) is 0. The van der Waals surface area contributed by atoms with Crippen LogP contribution in [0.1, 0.15) is 41.5 Å². The molecule has 0 fully saturated rings. The number of pyridine rings is 1. The lowest BCUT2D eigenvalue weighted by Crippen LogP contribution is -2.30. The molecule has 4 rings (SSSR count). The van der Waals surface area contributed by atoms with E-state index < -0.39 is 0 Å². The van der Waals surface area contributed by atoms with Gasteiger partial charge in [0.25, 0.3) is 0 Å². The molecule has 0 amide bonds. The first-order valence-electron chi connectivity index (χ1n) is 11.7. The second kappa shape index (κ2) is 12.0. The maximum Gasteiger partial charge on any atom is 0.119 e. The highest BCUT2D eigenvalue weighted by Gasteiger charge is 2.14. The third-order valence-corrected chi connectivity index (χ3v) is 5.92. The van der Waals surface area contributed by atoms with Crippen molar-refractivity contribution in [2.24, 2.45) is 0 Å². The smallest absolute Gasteiger partial charge is 0.119 e. The van der Waals surface area contributed by atoms with Gasteiger partial charge in [-0.05, 0) is 61.2 Å². The average Bonchev–Trinajstić information content (AvgIpc) is 2.88. The van der Waals surface area contributed by atoms with Crippen molar-refractivity contribution in [1.82, 2.24) is 10.3 Å². The summed E-state index contributed by atoms with van der Waals surface area (Å²) < 4.78 is 5.87. The first kappa shape index (κ1) is 22.8. The number of hydrogen-bond donors (Lipinski definition) is 1. The van der Waals surface area contributed by atoms with Crippen LogP contribution in [0.2, 0.25) is 0 Å². The third-order valence-electron chi connectivity index (χ3n) is 5.92. The van der Waals surface area contributed by atoms with E-state index in [1.807, 2.05) is 18.3 Å². The first-order chi connectivity index (χ1) is 16.3. The molecule has 0 radical (unpaired) electrons. The van der Waals surface area contributed by atoms with Gasteiger partial charge in [0.2, 0.25) is 0 Å². The molecule has 1 heterocycles. The predicted octanol–water partition coefficient (Wildman–Crippen LogP) is 6.40. The van der Waals surface area contributed by atoms with Gasteiger partial charge in [-0.2, -0.15) is 0 Å². The average molecular weight is 437 g/mol. The van der Waals surface area contributed by atoms with Crippen molar-refractivity contribution >= 4 is 0 Å². The Morgan fingerprint density at radius 3 is 2.03 bits per heavy atom. The fourth-order valence-electron chi connectivity index (χ4n) is 4.17. The van der Waals surface area contributed by atoms with Gasteiger partial charge in [-0.3, -0.25) is 4.98 Å². The highest BCUT2D eigenvalue weighted by atomic mass is 16.5. The van der Waals surface area contributed by atoms with Crippen molar-refractivity contribution in [3.8, 4) is 5.75 Å². The number of rotatable bonds is 11. The molecule has 0 spiro atoms. The molecule has 1 N–H and O–H groups in total. The summed E-state index contributed by atoms with van der Waals surface area (Å²) in [5.74, 6) is 1.29. The zero-order valence-electron chi connectivity index (χ0n) is 19.2. The second-order valence-corrected chi connectivity index (χ2v) is 8.52. The summed E-state index contributed by atoms with van der Waals surface area (Å²) in [5.41, 5.74) is 5.13. The van der Waals surface area contributed by atoms with Gasteiger partial charge < -0.3 is 10.1 Å². The van der Waals surface area contributed by atoms with E-state index in [0.717, 1.165) is 30.7 Å². The van der Waals surface area contributed by atoms with Gasteiger partial charge in [0, 0.05) is 29.9 Å². The van der Waals surface area contributed by atoms with Crippen LogP contribution in [0.15, 0.2) is 109 Å². The lowest BCUT2D eigenvalue weighted by atomic mass is 9.88. The minimum Gasteiger partial charge on any atom is -0.489 e. The summed E-state index contributed by atoms with van der Waals surface area (Å²) in [6, 6.07) is 34.4. The molecule has 3 aromatic carbocycles. The Morgan fingerprint density at radius 2 is 1.42 bits per heavy atom. The van der Waals surface area contributed by atoms with Gasteiger partial charge in [-0.15, -0.1) is 0 Å². The SMILES string of the molecule is CC(Cc1ccc(OCc2cccnc2)cc1)NCCC(c1ccccc1)c1ccccc1. The minimum absolute atomic E-state index is 0.402. The van der Waals surface area contributed by atoms with Crippen LogP contribution >= 0.6 is 0 Å². The number of ether oxygens (including phenoxy) is 1. The molecule has 1 unspecified atom stereocenters. The fraction of sp³-hybridized carbons (Fsp3) is 0.233. The standard InChI is InChI=1S/C30H32N2O/c1-24(21-25-14-16-29(17-15-25)33-23-26-9-8-19-31-22-26)32-20-18-30(27-10-4-2-5-11-27)28-12-6-3-7-13-28/h2-17,19,22,24,30,32H,18,20-21,23H2,1H3. The Hall–Kier alpha value is -3.43. The van der Waals surface area contributed by atoms with Crippen LogP contribution < -0.4 is 10.1 Å². The molecule has 0 aliphatic heterocycles. The predicted molar refractivity (Wildman–Crippen MR) is 136 cm³/mol. The van der Waals surface area contributed by atoms with Gasteiger partial charge in [0.05, 0.1) is 0 Å². The van der Waals surface area contributed by atoms with Crippen LogP contribution in [0.4, 0.5) is 0 Å². The van der Waals surface area contributed by atoms with Gasteiger partial charge in [0.15, 0.2) is 0 Å². The largest absolute Gasteiger partial charge is 0.489 e. The van der Waals surface area contributed by atoms with Crippen LogP contribution in [-0.4, -0.2) is 17.6 Å². The Bertz CT molecular complexity index is 1030. The molecular weight excluding hydrogens is 404 g/mol. The summed E-state index contributed by atoms with van der Waals surface area (Å²) in [6.07, 6.45) is 5.67. The minimum atomic E-state index is 0.402. The molecule has 1 atom stereocenters. The quantitative estimate of drug-likeness (QED) is 0.295. The van der Waals surface area contributed by atoms with E-state index in [1.165, 1.54) is 16.7 Å². The molecule has 33 heavy (non-hydrogen) atoms. The number of benzene rings is 3. The highest BCUT2D eigenvalue weighted by Crippen LogP contribution is 2.27. The lowest BCUT2D eigenvalue weighted by Gasteiger charge is -2.20. The zero-order valence-corrected chi connectivity index (χ0v) is 19.2. The summed E-state index contributed by atoms with van der Waals surface area (Å²) in [6.45, 7) is 3.77. The number of aromatic nitrogens is 1. The van der Waals surface area contributed by atoms with Gasteiger partial charge in [-0.25, -0.2) is 0 Å². The normalized spacial score (nSPS) is 11.9. The highest BCUT2D eigenvalue weighted by molar-refractivity contribution is 5.32. The van der Waals surface area contributed by atoms with Gasteiger partial charge in [-0.1, -0.05) is 78.9 Å². The lowest BCUT2D eigenvalue weighted by molar-refractivity contribution is 0.305. The number of nitrogens with one attached hydrogen (secondary N) is 1. The number of nitrogens with zero attached hydrogens (tertiary/aromatic N) is 1. The molecule has 0 bridgehead atoms. The molecule has 0 saturated carbocycles. The number of hydrogen-bond acceptors (Lipinski definition) is 3. The maximum absolute atomic E-state index is 5.87. The monoisotopic (exact) mass is 436 g/mol. The Kier molecular flexibility index (Phi) is 8.26. The maximum atomic E-state index is 5.87. The zero-order chi connectivity index (χ0) is 22.7. The molecule has 3 heteroatoms. The van der Waals surface area contributed by atoms with Gasteiger partial charge >= 0.3 is 0 Å². The van der Waals surface area contributed by atoms with E-state index >= 15 is 0 Å². The Labute approximate surface area is 197 Å². The van der Waals surface area contributed by atoms with Crippen LogP contribution in [-0.2, 0) is 13.0 Å². The van der Waals surface area contributed by atoms with Gasteiger partial charge in [0.1, 0.15) is 12.4 Å². The van der Waals surface area contributed by atoms with Crippen LogP contribution in [0.25, 0.3) is 0 Å². The summed E-state index contributed by atoms with van der Waals surface area (Å²) >= 11 is 0. The fourth-order valence-corrected chi connectivity index (χ4v) is 4.17. The molecule has 3 nitrogen and oxygen atoms in total. The van der Waals surface area contributed by atoms with E-state index in [4.69, 9.17) is 4.74 Å². The van der Waals surface area contributed by atoms with Crippen molar-refractivity contribution < 1.29 is 4.74 Å².